The van der Waals surface area contributed by atoms with Gasteiger partial charge in [0, 0.05) is 17.2 Å². The van der Waals surface area contributed by atoms with Crippen molar-refractivity contribution in [3.05, 3.63) is 17.2 Å². The first kappa shape index (κ1) is 13.5. The lowest BCUT2D eigenvalue weighted by Crippen LogP contribution is -2.05. The van der Waals surface area contributed by atoms with Crippen LogP contribution in [0.2, 0.25) is 0 Å². The Morgan fingerprint density at radius 2 is 1.95 bits per heavy atom. The molecule has 1 aromatic carbocycles. The Morgan fingerprint density at radius 1 is 1.26 bits per heavy atom. The Kier molecular flexibility index (Phi) is 3.83. The molecule has 0 heterocycles. The Morgan fingerprint density at radius 3 is 2.47 bits per heavy atom. The molecule has 5 nitrogen and oxygen atoms in total. The maximum Gasteiger partial charge on any atom is 0.303 e. The van der Waals surface area contributed by atoms with Crippen LogP contribution in [0.15, 0.2) is 6.07 Å². The molecule has 104 valence electrons. The van der Waals surface area contributed by atoms with Crippen molar-refractivity contribution < 1.29 is 24.1 Å². The van der Waals surface area contributed by atoms with E-state index in [-0.39, 0.29) is 12.3 Å². The van der Waals surface area contributed by atoms with Crippen molar-refractivity contribution in [3.63, 3.8) is 0 Å². The van der Waals surface area contributed by atoms with E-state index < -0.39 is 5.97 Å². The lowest BCUT2D eigenvalue weighted by atomic mass is 9.96. The van der Waals surface area contributed by atoms with Crippen LogP contribution in [0.3, 0.4) is 0 Å². The van der Waals surface area contributed by atoms with E-state index in [1.165, 1.54) is 0 Å². The summed E-state index contributed by atoms with van der Waals surface area (Å²) in [6.07, 6.45) is 1.68. The van der Waals surface area contributed by atoms with Gasteiger partial charge in [-0.05, 0) is 18.8 Å². The van der Waals surface area contributed by atoms with Crippen molar-refractivity contribution in [3.8, 4) is 17.2 Å². The second-order valence-corrected chi connectivity index (χ2v) is 4.54. The molecule has 0 fully saturated rings. The van der Waals surface area contributed by atoms with Gasteiger partial charge in [-0.15, -0.1) is 0 Å². The second-order valence-electron chi connectivity index (χ2n) is 4.54. The fraction of sp³-hybridized carbons (Fsp3) is 0.500. The van der Waals surface area contributed by atoms with E-state index in [2.05, 4.69) is 0 Å². The van der Waals surface area contributed by atoms with Crippen molar-refractivity contribution in [2.75, 3.05) is 21.3 Å². The van der Waals surface area contributed by atoms with Crippen LogP contribution < -0.4 is 14.2 Å². The van der Waals surface area contributed by atoms with Gasteiger partial charge in [0.25, 0.3) is 0 Å². The van der Waals surface area contributed by atoms with Crippen LogP contribution in [-0.4, -0.2) is 32.4 Å². The molecule has 5 heteroatoms. The molecule has 0 bridgehead atoms. The third-order valence-electron chi connectivity index (χ3n) is 3.57. The summed E-state index contributed by atoms with van der Waals surface area (Å²) in [4.78, 5) is 10.9. The maximum absolute atomic E-state index is 10.9. The summed E-state index contributed by atoms with van der Waals surface area (Å²) in [5.74, 6) is 1.16. The van der Waals surface area contributed by atoms with Crippen LogP contribution in [0.5, 0.6) is 17.2 Å². The van der Waals surface area contributed by atoms with Gasteiger partial charge in [0.15, 0.2) is 11.5 Å². The Labute approximate surface area is 112 Å². The molecule has 0 aliphatic heterocycles. The Balaban J connectivity index is 2.54. The summed E-state index contributed by atoms with van der Waals surface area (Å²) in [6.45, 7) is 0. The highest BCUT2D eigenvalue weighted by molar-refractivity contribution is 5.70. The number of hydrogen-bond donors (Lipinski definition) is 1. The van der Waals surface area contributed by atoms with Crippen LogP contribution in [0, 0.1) is 0 Å². The SMILES string of the molecule is COc1cc(OC)c2c(c1OC)CCC2CC(=O)O. The number of carbonyl (C=O) groups is 1. The van der Waals surface area contributed by atoms with Gasteiger partial charge in [0.05, 0.1) is 27.8 Å². The van der Waals surface area contributed by atoms with Crippen molar-refractivity contribution >= 4 is 5.97 Å². The summed E-state index contributed by atoms with van der Waals surface area (Å²) in [5, 5.41) is 8.99. The van der Waals surface area contributed by atoms with E-state index in [1.807, 2.05) is 0 Å². The zero-order valence-corrected chi connectivity index (χ0v) is 11.4. The van der Waals surface area contributed by atoms with Gasteiger partial charge in [-0.1, -0.05) is 0 Å². The normalized spacial score (nSPS) is 16.9. The number of fused-ring (bicyclic) bond motifs is 1. The molecule has 0 saturated heterocycles. The third-order valence-corrected chi connectivity index (χ3v) is 3.57. The molecule has 1 aliphatic carbocycles. The molecule has 0 aromatic heterocycles. The third kappa shape index (κ3) is 2.32. The molecule has 1 aromatic rings. The Hall–Kier alpha value is -1.91. The molecule has 1 aliphatic rings. The van der Waals surface area contributed by atoms with E-state index in [9.17, 15) is 4.79 Å². The van der Waals surface area contributed by atoms with E-state index in [0.717, 1.165) is 24.0 Å². The van der Waals surface area contributed by atoms with Gasteiger partial charge in [0.1, 0.15) is 5.75 Å². The van der Waals surface area contributed by atoms with Gasteiger partial charge < -0.3 is 19.3 Å². The lowest BCUT2D eigenvalue weighted by molar-refractivity contribution is -0.137. The van der Waals surface area contributed by atoms with Crippen molar-refractivity contribution in [1.29, 1.82) is 0 Å². The molecule has 0 spiro atoms. The standard InChI is InChI=1S/C14H18O5/c1-17-10-7-11(18-2)14(19-3)9-5-4-8(13(9)10)6-12(15)16/h7-8H,4-6H2,1-3H3,(H,15,16). The monoisotopic (exact) mass is 266 g/mol. The van der Waals surface area contributed by atoms with Gasteiger partial charge in [-0.3, -0.25) is 4.79 Å². The van der Waals surface area contributed by atoms with Crippen LogP contribution in [-0.2, 0) is 11.2 Å². The van der Waals surface area contributed by atoms with Gasteiger partial charge in [-0.25, -0.2) is 0 Å². The number of carboxylic acids is 1. The smallest absolute Gasteiger partial charge is 0.303 e. The number of aliphatic carboxylic acids is 1. The van der Waals surface area contributed by atoms with E-state index in [1.54, 1.807) is 27.4 Å². The number of rotatable bonds is 5. The van der Waals surface area contributed by atoms with Gasteiger partial charge in [0.2, 0.25) is 0 Å². The molecule has 0 saturated carbocycles. The molecule has 2 rings (SSSR count). The quantitative estimate of drug-likeness (QED) is 0.885. The van der Waals surface area contributed by atoms with Crippen LogP contribution >= 0.6 is 0 Å². The molecular weight excluding hydrogens is 248 g/mol. The highest BCUT2D eigenvalue weighted by Gasteiger charge is 2.32. The summed E-state index contributed by atoms with van der Waals surface area (Å²) in [7, 11) is 4.75. The molecular formula is C14H18O5. The number of carboxylic acid groups (broad SMARTS) is 1. The van der Waals surface area contributed by atoms with Crippen molar-refractivity contribution in [2.24, 2.45) is 0 Å². The van der Waals surface area contributed by atoms with Crippen molar-refractivity contribution in [1.82, 2.24) is 0 Å². The number of ether oxygens (including phenoxy) is 3. The van der Waals surface area contributed by atoms with E-state index >= 15 is 0 Å². The predicted octanol–water partition coefficient (Wildman–Crippen LogP) is 2.22. The molecule has 0 radical (unpaired) electrons. The minimum atomic E-state index is -0.797. The fourth-order valence-electron chi connectivity index (χ4n) is 2.80. The first-order chi connectivity index (χ1) is 9.12. The maximum atomic E-state index is 10.9. The zero-order valence-electron chi connectivity index (χ0n) is 11.4. The van der Waals surface area contributed by atoms with Gasteiger partial charge >= 0.3 is 5.97 Å². The minimum absolute atomic E-state index is 0.0257. The number of benzene rings is 1. The van der Waals surface area contributed by atoms with E-state index in [4.69, 9.17) is 19.3 Å². The Bertz CT molecular complexity index is 495. The average molecular weight is 266 g/mol. The van der Waals surface area contributed by atoms with Gasteiger partial charge in [-0.2, -0.15) is 0 Å². The average Bonchev–Trinajstić information content (AvgIpc) is 2.80. The molecule has 19 heavy (non-hydrogen) atoms. The summed E-state index contributed by atoms with van der Waals surface area (Å²) in [5.41, 5.74) is 1.95. The fourth-order valence-corrected chi connectivity index (χ4v) is 2.80. The summed E-state index contributed by atoms with van der Waals surface area (Å²) in [6, 6.07) is 1.76. The second kappa shape index (κ2) is 5.38. The number of methoxy groups -OCH3 is 3. The molecule has 1 atom stereocenters. The molecule has 1 N–H and O–H groups in total. The van der Waals surface area contributed by atoms with Crippen LogP contribution in [0.1, 0.15) is 29.9 Å². The highest BCUT2D eigenvalue weighted by atomic mass is 16.5. The zero-order chi connectivity index (χ0) is 14.0. The number of hydrogen-bond acceptors (Lipinski definition) is 4. The summed E-state index contributed by atoms with van der Waals surface area (Å²) >= 11 is 0. The minimum Gasteiger partial charge on any atom is -0.496 e. The first-order valence-electron chi connectivity index (χ1n) is 6.15. The molecule has 0 amide bonds. The lowest BCUT2D eigenvalue weighted by Gasteiger charge is -2.18. The summed E-state index contributed by atoms with van der Waals surface area (Å²) < 4.78 is 16.1. The predicted molar refractivity (Wildman–Crippen MR) is 69.4 cm³/mol. The largest absolute Gasteiger partial charge is 0.496 e. The van der Waals surface area contributed by atoms with Crippen molar-refractivity contribution in [2.45, 2.75) is 25.2 Å². The first-order valence-corrected chi connectivity index (χ1v) is 6.15. The molecule has 1 unspecified atom stereocenters. The topological polar surface area (TPSA) is 65.0 Å². The van der Waals surface area contributed by atoms with E-state index in [0.29, 0.717) is 17.2 Å². The van der Waals surface area contributed by atoms with Crippen LogP contribution in [0.25, 0.3) is 0 Å². The van der Waals surface area contributed by atoms with Crippen LogP contribution in [0.4, 0.5) is 0 Å². The highest BCUT2D eigenvalue weighted by Crippen LogP contribution is 2.49.